The molecule has 0 aromatic heterocycles. The molecule has 0 aromatic rings. The van der Waals surface area contributed by atoms with Crippen molar-refractivity contribution in [3.8, 4) is 0 Å². The van der Waals surface area contributed by atoms with Crippen LogP contribution >= 0.6 is 0 Å². The van der Waals surface area contributed by atoms with Crippen molar-refractivity contribution in [2.45, 2.75) is 40.5 Å². The Hall–Kier alpha value is -0.790. The molecule has 0 fully saturated rings. The van der Waals surface area contributed by atoms with Crippen LogP contribution in [0.1, 0.15) is 40.5 Å². The first-order chi connectivity index (χ1) is 6.34. The Labute approximate surface area is 86.0 Å². The fourth-order valence-electron chi connectivity index (χ4n) is 2.17. The average Bonchev–Trinajstić information content (AvgIpc) is 2.01. The Morgan fingerprint density at radius 2 is 2.07 bits per heavy atom. The lowest BCUT2D eigenvalue weighted by atomic mass is 9.73. The number of hydrogen-bond donors (Lipinski definition) is 1. The van der Waals surface area contributed by atoms with Crippen molar-refractivity contribution >= 4 is 5.97 Å². The van der Waals surface area contributed by atoms with Crippen LogP contribution in [0.15, 0.2) is 11.6 Å². The van der Waals surface area contributed by atoms with Gasteiger partial charge in [0.05, 0.1) is 5.41 Å². The van der Waals surface area contributed by atoms with Crippen LogP contribution in [0.3, 0.4) is 0 Å². The van der Waals surface area contributed by atoms with E-state index in [0.717, 1.165) is 12.0 Å². The summed E-state index contributed by atoms with van der Waals surface area (Å²) in [5, 5.41) is 9.13. The highest BCUT2D eigenvalue weighted by atomic mass is 16.4. The van der Waals surface area contributed by atoms with Crippen LogP contribution in [0, 0.1) is 17.3 Å². The second-order valence-electron chi connectivity index (χ2n) is 5.14. The van der Waals surface area contributed by atoms with Gasteiger partial charge < -0.3 is 5.11 Å². The summed E-state index contributed by atoms with van der Waals surface area (Å²) >= 11 is 0. The monoisotopic (exact) mass is 196 g/mol. The van der Waals surface area contributed by atoms with Crippen LogP contribution in [-0.4, -0.2) is 11.1 Å². The lowest BCUT2D eigenvalue weighted by Crippen LogP contribution is -2.29. The van der Waals surface area contributed by atoms with Crippen molar-refractivity contribution in [2.75, 3.05) is 0 Å². The number of carboxylic acids is 1. The van der Waals surface area contributed by atoms with Gasteiger partial charge in [-0.1, -0.05) is 25.5 Å². The van der Waals surface area contributed by atoms with Gasteiger partial charge in [0.15, 0.2) is 0 Å². The number of carbonyl (C=O) groups is 1. The maximum atomic E-state index is 11.1. The minimum absolute atomic E-state index is 0.521. The van der Waals surface area contributed by atoms with Crippen LogP contribution in [0.25, 0.3) is 0 Å². The molecule has 1 N–H and O–H groups in total. The van der Waals surface area contributed by atoms with Gasteiger partial charge in [0.25, 0.3) is 0 Å². The van der Waals surface area contributed by atoms with Gasteiger partial charge >= 0.3 is 5.97 Å². The van der Waals surface area contributed by atoms with Crippen molar-refractivity contribution in [1.29, 1.82) is 0 Å². The molecular weight excluding hydrogens is 176 g/mol. The minimum atomic E-state index is -0.718. The highest BCUT2D eigenvalue weighted by Crippen LogP contribution is 2.38. The van der Waals surface area contributed by atoms with E-state index >= 15 is 0 Å². The molecule has 1 rings (SSSR count). The second-order valence-corrected chi connectivity index (χ2v) is 5.14. The summed E-state index contributed by atoms with van der Waals surface area (Å²) in [7, 11) is 0. The molecule has 80 valence electrons. The summed E-state index contributed by atoms with van der Waals surface area (Å²) in [6.45, 7) is 7.95. The summed E-state index contributed by atoms with van der Waals surface area (Å²) in [6, 6.07) is 0. The fraction of sp³-hybridized carbons (Fsp3) is 0.750. The van der Waals surface area contributed by atoms with Crippen molar-refractivity contribution in [2.24, 2.45) is 17.3 Å². The highest BCUT2D eigenvalue weighted by Gasteiger charge is 2.34. The topological polar surface area (TPSA) is 37.3 Å². The van der Waals surface area contributed by atoms with E-state index in [1.165, 1.54) is 6.42 Å². The van der Waals surface area contributed by atoms with E-state index in [4.69, 9.17) is 5.11 Å². The second kappa shape index (κ2) is 3.76. The van der Waals surface area contributed by atoms with E-state index in [2.05, 4.69) is 19.9 Å². The number of allylic oxidation sites excluding steroid dienone is 1. The van der Waals surface area contributed by atoms with Gasteiger partial charge in [-0.2, -0.15) is 0 Å². The summed E-state index contributed by atoms with van der Waals surface area (Å²) in [4.78, 5) is 11.1. The Morgan fingerprint density at radius 1 is 1.50 bits per heavy atom. The Bertz CT molecular complexity index is 263. The molecule has 0 aliphatic heterocycles. The quantitative estimate of drug-likeness (QED) is 0.689. The van der Waals surface area contributed by atoms with E-state index in [1.807, 2.05) is 0 Å². The fourth-order valence-corrected chi connectivity index (χ4v) is 2.17. The number of carboxylic acid groups (broad SMARTS) is 1. The van der Waals surface area contributed by atoms with E-state index in [-0.39, 0.29) is 0 Å². The van der Waals surface area contributed by atoms with Gasteiger partial charge in [0.1, 0.15) is 0 Å². The van der Waals surface area contributed by atoms with Crippen LogP contribution in [0.4, 0.5) is 0 Å². The van der Waals surface area contributed by atoms with Crippen molar-refractivity contribution in [3.63, 3.8) is 0 Å². The van der Waals surface area contributed by atoms with Gasteiger partial charge in [0, 0.05) is 0 Å². The lowest BCUT2D eigenvalue weighted by molar-refractivity contribution is -0.145. The van der Waals surface area contributed by atoms with Gasteiger partial charge in [0.2, 0.25) is 0 Å². The van der Waals surface area contributed by atoms with Crippen LogP contribution < -0.4 is 0 Å². The summed E-state index contributed by atoms with van der Waals surface area (Å²) in [5.41, 5.74) is 0.402. The molecule has 0 heterocycles. The average molecular weight is 196 g/mol. The minimum Gasteiger partial charge on any atom is -0.481 e. The summed E-state index contributed by atoms with van der Waals surface area (Å²) in [6.07, 6.45) is 4.26. The third kappa shape index (κ3) is 2.17. The van der Waals surface area contributed by atoms with E-state index < -0.39 is 11.4 Å². The standard InChI is InChI=1S/C12H20O2/c1-8-5-9(2)7-10(6-8)12(3,4)11(13)14/h6,8-9H,5,7H2,1-4H3,(H,13,14). The molecule has 1 aliphatic rings. The first kappa shape index (κ1) is 11.3. The van der Waals surface area contributed by atoms with Gasteiger partial charge in [-0.05, 0) is 38.5 Å². The van der Waals surface area contributed by atoms with Crippen molar-refractivity contribution in [3.05, 3.63) is 11.6 Å². The van der Waals surface area contributed by atoms with Crippen LogP contribution in [-0.2, 0) is 4.79 Å². The predicted molar refractivity (Wildman–Crippen MR) is 57.1 cm³/mol. The lowest BCUT2D eigenvalue weighted by Gasteiger charge is -2.31. The molecule has 0 saturated heterocycles. The molecule has 0 saturated carbocycles. The summed E-state index contributed by atoms with van der Waals surface area (Å²) in [5.74, 6) is 0.418. The van der Waals surface area contributed by atoms with Gasteiger partial charge in [-0.15, -0.1) is 0 Å². The zero-order valence-corrected chi connectivity index (χ0v) is 9.50. The molecular formula is C12H20O2. The van der Waals surface area contributed by atoms with E-state index in [9.17, 15) is 4.79 Å². The zero-order chi connectivity index (χ0) is 10.9. The molecule has 0 amide bonds. The number of rotatable bonds is 2. The molecule has 0 bridgehead atoms. The van der Waals surface area contributed by atoms with Crippen molar-refractivity contribution in [1.82, 2.24) is 0 Å². The Kier molecular flexibility index (Phi) is 3.03. The smallest absolute Gasteiger partial charge is 0.313 e. The first-order valence-electron chi connectivity index (χ1n) is 5.28. The Morgan fingerprint density at radius 3 is 2.50 bits per heavy atom. The normalized spacial score (nSPS) is 28.4. The van der Waals surface area contributed by atoms with Crippen LogP contribution in [0.5, 0.6) is 0 Å². The molecule has 14 heavy (non-hydrogen) atoms. The number of hydrogen-bond acceptors (Lipinski definition) is 1. The third-order valence-electron chi connectivity index (χ3n) is 3.17. The highest BCUT2D eigenvalue weighted by molar-refractivity contribution is 5.77. The molecule has 0 spiro atoms. The van der Waals surface area contributed by atoms with Gasteiger partial charge in [-0.25, -0.2) is 0 Å². The molecule has 0 aromatic carbocycles. The van der Waals surface area contributed by atoms with E-state index in [0.29, 0.717) is 11.8 Å². The Balaban J connectivity index is 2.92. The molecule has 0 radical (unpaired) electrons. The number of aliphatic carboxylic acids is 1. The molecule has 2 unspecified atom stereocenters. The molecule has 2 atom stereocenters. The third-order valence-corrected chi connectivity index (χ3v) is 3.17. The first-order valence-corrected chi connectivity index (χ1v) is 5.28. The zero-order valence-electron chi connectivity index (χ0n) is 9.50. The molecule has 1 aliphatic carbocycles. The molecule has 2 nitrogen and oxygen atoms in total. The van der Waals surface area contributed by atoms with Crippen LogP contribution in [0.2, 0.25) is 0 Å². The predicted octanol–water partition coefficient (Wildman–Crippen LogP) is 3.09. The molecule has 2 heteroatoms. The maximum Gasteiger partial charge on any atom is 0.313 e. The maximum absolute atomic E-state index is 11.1. The van der Waals surface area contributed by atoms with Crippen molar-refractivity contribution < 1.29 is 9.90 Å². The van der Waals surface area contributed by atoms with Gasteiger partial charge in [-0.3, -0.25) is 4.79 Å². The SMILES string of the molecule is CC1C=C(C(C)(C)C(=O)O)CC(C)C1. The summed E-state index contributed by atoms with van der Waals surface area (Å²) < 4.78 is 0. The largest absolute Gasteiger partial charge is 0.481 e. The van der Waals surface area contributed by atoms with E-state index in [1.54, 1.807) is 13.8 Å².